The molecule has 0 amide bonds. The molecule has 2 aromatic rings. The second-order valence-corrected chi connectivity index (χ2v) is 3.83. The number of nitrogens with zero attached hydrogens (tertiary/aromatic N) is 2. The maximum absolute atomic E-state index is 13.9. The number of rotatable bonds is 3. The number of aromatic nitrogens is 2. The first-order valence-corrected chi connectivity index (χ1v) is 5.32. The van der Waals surface area contributed by atoms with Crippen molar-refractivity contribution in [2.75, 3.05) is 7.11 Å². The molecule has 0 saturated heterocycles. The zero-order valence-electron chi connectivity index (χ0n) is 10.1. The monoisotopic (exact) mass is 253 g/mol. The topological polar surface area (TPSA) is 53.1 Å². The minimum Gasteiger partial charge on any atom is -0.494 e. The zero-order valence-corrected chi connectivity index (χ0v) is 10.1. The van der Waals surface area contributed by atoms with Gasteiger partial charge in [0.15, 0.2) is 11.6 Å². The van der Waals surface area contributed by atoms with Gasteiger partial charge < -0.3 is 10.5 Å². The van der Waals surface area contributed by atoms with Gasteiger partial charge in [-0.05, 0) is 6.07 Å². The lowest BCUT2D eigenvalue weighted by atomic mass is 10.1. The number of hydrogen-bond donors (Lipinski definition) is 1. The lowest BCUT2D eigenvalue weighted by molar-refractivity contribution is 0.383. The van der Waals surface area contributed by atoms with E-state index in [1.54, 1.807) is 13.2 Å². The van der Waals surface area contributed by atoms with Crippen LogP contribution < -0.4 is 10.5 Å². The van der Waals surface area contributed by atoms with E-state index in [4.69, 9.17) is 10.5 Å². The van der Waals surface area contributed by atoms with Gasteiger partial charge in [0.05, 0.1) is 12.8 Å². The van der Waals surface area contributed by atoms with Crippen LogP contribution in [0.3, 0.4) is 0 Å². The third kappa shape index (κ3) is 2.06. The Labute approximate surface area is 103 Å². The number of aryl methyl sites for hydroxylation is 1. The molecule has 0 atom stereocenters. The van der Waals surface area contributed by atoms with E-state index in [0.717, 1.165) is 12.1 Å². The minimum atomic E-state index is -0.624. The van der Waals surface area contributed by atoms with Gasteiger partial charge in [-0.2, -0.15) is 5.10 Å². The van der Waals surface area contributed by atoms with Crippen LogP contribution in [-0.2, 0) is 13.6 Å². The molecule has 0 aliphatic rings. The van der Waals surface area contributed by atoms with Crippen LogP contribution in [0.5, 0.6) is 5.75 Å². The molecule has 2 N–H and O–H groups in total. The fraction of sp³-hybridized carbons (Fsp3) is 0.250. The van der Waals surface area contributed by atoms with E-state index >= 15 is 0 Å². The Morgan fingerprint density at radius 3 is 2.61 bits per heavy atom. The van der Waals surface area contributed by atoms with Crippen molar-refractivity contribution >= 4 is 0 Å². The normalized spacial score (nSPS) is 10.7. The molecule has 0 fully saturated rings. The van der Waals surface area contributed by atoms with Gasteiger partial charge in [-0.3, -0.25) is 4.68 Å². The second kappa shape index (κ2) is 4.73. The van der Waals surface area contributed by atoms with E-state index in [1.807, 2.05) is 0 Å². The lowest BCUT2D eigenvalue weighted by Crippen LogP contribution is -2.01. The second-order valence-electron chi connectivity index (χ2n) is 3.83. The first kappa shape index (κ1) is 12.5. The van der Waals surface area contributed by atoms with Gasteiger partial charge in [-0.25, -0.2) is 8.78 Å². The molecule has 4 nitrogen and oxygen atoms in total. The van der Waals surface area contributed by atoms with E-state index in [0.29, 0.717) is 11.3 Å². The molecule has 1 aromatic carbocycles. The summed E-state index contributed by atoms with van der Waals surface area (Å²) in [4.78, 5) is 0. The number of benzene rings is 1. The van der Waals surface area contributed by atoms with Crippen LogP contribution in [0.15, 0.2) is 18.3 Å². The fourth-order valence-electron chi connectivity index (χ4n) is 1.80. The van der Waals surface area contributed by atoms with E-state index < -0.39 is 11.6 Å². The number of methoxy groups -OCH3 is 1. The molecule has 0 radical (unpaired) electrons. The Balaban J connectivity index is 2.60. The third-order valence-electron chi connectivity index (χ3n) is 2.63. The van der Waals surface area contributed by atoms with Crippen LogP contribution >= 0.6 is 0 Å². The summed E-state index contributed by atoms with van der Waals surface area (Å²) in [6.45, 7) is 0.156. The van der Waals surface area contributed by atoms with Crippen molar-refractivity contribution < 1.29 is 13.5 Å². The summed E-state index contributed by atoms with van der Waals surface area (Å²) in [6, 6.07) is 2.10. The van der Waals surface area contributed by atoms with E-state index in [-0.39, 0.29) is 17.9 Å². The molecule has 18 heavy (non-hydrogen) atoms. The SMILES string of the molecule is COc1cc(F)c(-c2cn(C)nc2CN)cc1F. The summed E-state index contributed by atoms with van der Waals surface area (Å²) in [5.74, 6) is -1.33. The first-order chi connectivity index (χ1) is 8.56. The Bertz CT molecular complexity index is 581. The maximum atomic E-state index is 13.9. The van der Waals surface area contributed by atoms with Gasteiger partial charge in [-0.1, -0.05) is 0 Å². The fourth-order valence-corrected chi connectivity index (χ4v) is 1.80. The van der Waals surface area contributed by atoms with Crippen molar-refractivity contribution in [1.82, 2.24) is 9.78 Å². The predicted molar refractivity (Wildman–Crippen MR) is 63.0 cm³/mol. The molecule has 0 aliphatic heterocycles. The smallest absolute Gasteiger partial charge is 0.165 e. The number of ether oxygens (including phenoxy) is 1. The molecule has 1 heterocycles. The Morgan fingerprint density at radius 2 is 2.00 bits per heavy atom. The van der Waals surface area contributed by atoms with Gasteiger partial charge in [-0.15, -0.1) is 0 Å². The van der Waals surface area contributed by atoms with Crippen LogP contribution in [0.4, 0.5) is 8.78 Å². The van der Waals surface area contributed by atoms with E-state index in [1.165, 1.54) is 11.8 Å². The molecule has 0 bridgehead atoms. The van der Waals surface area contributed by atoms with Crippen molar-refractivity contribution in [3.05, 3.63) is 35.7 Å². The summed E-state index contributed by atoms with van der Waals surface area (Å²) in [7, 11) is 2.98. The summed E-state index contributed by atoms with van der Waals surface area (Å²) in [5.41, 5.74) is 6.66. The van der Waals surface area contributed by atoms with Crippen molar-refractivity contribution in [2.24, 2.45) is 12.8 Å². The highest BCUT2D eigenvalue weighted by molar-refractivity contribution is 5.67. The highest BCUT2D eigenvalue weighted by Crippen LogP contribution is 2.30. The minimum absolute atomic E-state index is 0.127. The third-order valence-corrected chi connectivity index (χ3v) is 2.63. The highest BCUT2D eigenvalue weighted by Gasteiger charge is 2.16. The number of halogens is 2. The average molecular weight is 253 g/mol. The average Bonchev–Trinajstić information content (AvgIpc) is 2.72. The van der Waals surface area contributed by atoms with Crippen LogP contribution in [0, 0.1) is 11.6 Å². The van der Waals surface area contributed by atoms with E-state index in [2.05, 4.69) is 5.10 Å². The summed E-state index contributed by atoms with van der Waals surface area (Å²) in [5, 5.41) is 4.09. The first-order valence-electron chi connectivity index (χ1n) is 5.32. The van der Waals surface area contributed by atoms with Crippen LogP contribution in [0.2, 0.25) is 0 Å². The standard InChI is InChI=1S/C12H13F2N3O/c1-17-6-8(11(5-15)16-17)7-3-10(14)12(18-2)4-9(7)13/h3-4,6H,5,15H2,1-2H3. The van der Waals surface area contributed by atoms with Crippen LogP contribution in [0.25, 0.3) is 11.1 Å². The molecular formula is C12H13F2N3O. The van der Waals surface area contributed by atoms with Crippen LogP contribution in [0.1, 0.15) is 5.69 Å². The van der Waals surface area contributed by atoms with Crippen LogP contribution in [-0.4, -0.2) is 16.9 Å². The van der Waals surface area contributed by atoms with Gasteiger partial charge >= 0.3 is 0 Å². The van der Waals surface area contributed by atoms with Gasteiger partial charge in [0.2, 0.25) is 0 Å². The van der Waals surface area contributed by atoms with Crippen molar-refractivity contribution in [3.63, 3.8) is 0 Å². The number of nitrogens with two attached hydrogens (primary N) is 1. The molecule has 1 aromatic heterocycles. The largest absolute Gasteiger partial charge is 0.494 e. The predicted octanol–water partition coefficient (Wildman–Crippen LogP) is 1.83. The van der Waals surface area contributed by atoms with E-state index in [9.17, 15) is 8.78 Å². The number of hydrogen-bond acceptors (Lipinski definition) is 3. The van der Waals surface area contributed by atoms with Crippen molar-refractivity contribution in [3.8, 4) is 16.9 Å². The molecule has 2 rings (SSSR count). The highest BCUT2D eigenvalue weighted by atomic mass is 19.1. The molecule has 0 aliphatic carbocycles. The molecule has 0 unspecified atom stereocenters. The van der Waals surface area contributed by atoms with Crippen molar-refractivity contribution in [1.29, 1.82) is 0 Å². The summed E-state index contributed by atoms with van der Waals surface area (Å²) < 4.78 is 33.7. The quantitative estimate of drug-likeness (QED) is 0.908. The molecule has 96 valence electrons. The summed E-state index contributed by atoms with van der Waals surface area (Å²) in [6.07, 6.45) is 1.60. The lowest BCUT2D eigenvalue weighted by Gasteiger charge is -2.06. The molecule has 0 saturated carbocycles. The molecule has 6 heteroatoms. The zero-order chi connectivity index (χ0) is 13.3. The van der Waals surface area contributed by atoms with Crippen molar-refractivity contribution in [2.45, 2.75) is 6.54 Å². The Kier molecular flexibility index (Phi) is 3.29. The molecular weight excluding hydrogens is 240 g/mol. The summed E-state index contributed by atoms with van der Waals surface area (Å²) >= 11 is 0. The Morgan fingerprint density at radius 1 is 1.28 bits per heavy atom. The van der Waals surface area contributed by atoms with Gasteiger partial charge in [0.25, 0.3) is 0 Å². The Hall–Kier alpha value is -1.95. The maximum Gasteiger partial charge on any atom is 0.165 e. The molecule has 0 spiro atoms. The van der Waals surface area contributed by atoms with Gasteiger partial charge in [0, 0.05) is 37.0 Å². The van der Waals surface area contributed by atoms with Gasteiger partial charge in [0.1, 0.15) is 5.82 Å².